The number of halogens is 3. The third-order valence-corrected chi connectivity index (χ3v) is 4.35. The van der Waals surface area contributed by atoms with Gasteiger partial charge in [-0.3, -0.25) is 9.97 Å². The molecule has 5 nitrogen and oxygen atoms in total. The third-order valence-electron chi connectivity index (χ3n) is 4.35. The molecule has 3 aromatic rings. The minimum absolute atomic E-state index is 0.0133. The van der Waals surface area contributed by atoms with Crippen LogP contribution in [0.3, 0.4) is 0 Å². The lowest BCUT2D eigenvalue weighted by Gasteiger charge is -2.23. The number of hydrogen-bond donors (Lipinski definition) is 0. The first-order valence-electron chi connectivity index (χ1n) is 7.91. The standard InChI is InChI=1S/C17H14F3N5/c18-17(19,20)12-6-7-13(22-9-12)14-10-25(24-23-14)15-5-1-3-11-4-2-8-21-16(11)15/h2,4,6-10,15H,1,3,5H2/t15-/m0/s1. The van der Waals surface area contributed by atoms with Crippen LogP contribution in [-0.4, -0.2) is 25.0 Å². The molecule has 1 aliphatic carbocycles. The molecule has 3 aromatic heterocycles. The molecule has 3 heterocycles. The van der Waals surface area contributed by atoms with Gasteiger partial charge in [-0.2, -0.15) is 13.2 Å². The second kappa shape index (κ2) is 5.94. The Morgan fingerprint density at radius 3 is 2.72 bits per heavy atom. The fourth-order valence-electron chi connectivity index (χ4n) is 3.10. The van der Waals surface area contributed by atoms with Crippen molar-refractivity contribution in [2.24, 2.45) is 0 Å². The van der Waals surface area contributed by atoms with Crippen LogP contribution in [0.4, 0.5) is 13.2 Å². The van der Waals surface area contributed by atoms with Gasteiger partial charge in [0.1, 0.15) is 5.69 Å². The number of aryl methyl sites for hydroxylation is 1. The van der Waals surface area contributed by atoms with Gasteiger partial charge in [-0.05, 0) is 43.0 Å². The Bertz CT molecular complexity index is 886. The molecule has 0 amide bonds. The van der Waals surface area contributed by atoms with E-state index in [-0.39, 0.29) is 6.04 Å². The molecule has 8 heteroatoms. The van der Waals surface area contributed by atoms with Gasteiger partial charge < -0.3 is 0 Å². The SMILES string of the molecule is FC(F)(F)c1ccc(-c2cn([C@H]3CCCc4cccnc43)nn2)nc1. The number of rotatable bonds is 2. The van der Waals surface area contributed by atoms with Crippen molar-refractivity contribution in [2.45, 2.75) is 31.5 Å². The van der Waals surface area contributed by atoms with Crippen LogP contribution in [0.25, 0.3) is 11.4 Å². The fourth-order valence-corrected chi connectivity index (χ4v) is 3.10. The van der Waals surface area contributed by atoms with E-state index in [1.807, 2.05) is 6.07 Å². The molecule has 0 aromatic carbocycles. The van der Waals surface area contributed by atoms with Crippen LogP contribution in [0.5, 0.6) is 0 Å². The molecule has 0 unspecified atom stereocenters. The van der Waals surface area contributed by atoms with Crippen molar-refractivity contribution in [3.63, 3.8) is 0 Å². The summed E-state index contributed by atoms with van der Waals surface area (Å²) in [4.78, 5) is 8.34. The van der Waals surface area contributed by atoms with Crippen LogP contribution in [-0.2, 0) is 12.6 Å². The first-order chi connectivity index (χ1) is 12.0. The van der Waals surface area contributed by atoms with Crippen molar-refractivity contribution in [3.05, 3.63) is 59.7 Å². The van der Waals surface area contributed by atoms with E-state index in [1.54, 1.807) is 17.1 Å². The monoisotopic (exact) mass is 345 g/mol. The van der Waals surface area contributed by atoms with Crippen LogP contribution in [0.2, 0.25) is 0 Å². The predicted molar refractivity (Wildman–Crippen MR) is 83.6 cm³/mol. The van der Waals surface area contributed by atoms with Crippen LogP contribution >= 0.6 is 0 Å². The summed E-state index contributed by atoms with van der Waals surface area (Å²) in [5, 5.41) is 8.22. The zero-order valence-corrected chi connectivity index (χ0v) is 13.1. The molecule has 0 saturated carbocycles. The van der Waals surface area contributed by atoms with E-state index in [4.69, 9.17) is 0 Å². The Hall–Kier alpha value is -2.77. The number of alkyl halides is 3. The molecule has 0 aliphatic heterocycles. The Morgan fingerprint density at radius 1 is 1.08 bits per heavy atom. The second-order valence-corrected chi connectivity index (χ2v) is 5.97. The van der Waals surface area contributed by atoms with Crippen molar-refractivity contribution < 1.29 is 13.2 Å². The molecule has 1 atom stereocenters. The average molecular weight is 345 g/mol. The topological polar surface area (TPSA) is 56.5 Å². The van der Waals surface area contributed by atoms with Gasteiger partial charge in [-0.15, -0.1) is 5.10 Å². The zero-order valence-electron chi connectivity index (χ0n) is 13.1. The maximum atomic E-state index is 12.6. The van der Waals surface area contributed by atoms with Gasteiger partial charge in [0.05, 0.1) is 29.2 Å². The van der Waals surface area contributed by atoms with Crippen molar-refractivity contribution in [3.8, 4) is 11.4 Å². The van der Waals surface area contributed by atoms with Crippen molar-refractivity contribution in [1.82, 2.24) is 25.0 Å². The maximum Gasteiger partial charge on any atom is 0.417 e. The lowest BCUT2D eigenvalue weighted by atomic mass is 9.92. The van der Waals surface area contributed by atoms with Crippen LogP contribution < -0.4 is 0 Å². The summed E-state index contributed by atoms with van der Waals surface area (Å²) in [5.41, 5.74) is 2.19. The van der Waals surface area contributed by atoms with Crippen molar-refractivity contribution in [1.29, 1.82) is 0 Å². The van der Waals surface area contributed by atoms with E-state index in [9.17, 15) is 13.2 Å². The fraction of sp³-hybridized carbons (Fsp3) is 0.294. The third kappa shape index (κ3) is 2.99. The Balaban J connectivity index is 1.63. The summed E-state index contributed by atoms with van der Waals surface area (Å²) in [7, 11) is 0. The van der Waals surface area contributed by atoms with Gasteiger partial charge in [0.2, 0.25) is 0 Å². The number of pyridine rings is 2. The number of aromatic nitrogens is 5. The van der Waals surface area contributed by atoms with Gasteiger partial charge >= 0.3 is 6.18 Å². The van der Waals surface area contributed by atoms with E-state index in [0.29, 0.717) is 11.4 Å². The highest BCUT2D eigenvalue weighted by Crippen LogP contribution is 2.32. The van der Waals surface area contributed by atoms with E-state index in [0.717, 1.165) is 37.2 Å². The van der Waals surface area contributed by atoms with E-state index >= 15 is 0 Å². The van der Waals surface area contributed by atoms with Crippen LogP contribution in [0.1, 0.15) is 35.7 Å². The Kier molecular flexibility index (Phi) is 3.74. The smallest absolute Gasteiger partial charge is 0.259 e. The van der Waals surface area contributed by atoms with E-state index in [2.05, 4.69) is 26.3 Å². The van der Waals surface area contributed by atoms with Gasteiger partial charge in [-0.25, -0.2) is 4.68 Å². The molecular formula is C17H14F3N5. The summed E-state index contributed by atoms with van der Waals surface area (Å²) in [6.45, 7) is 0. The van der Waals surface area contributed by atoms with E-state index < -0.39 is 11.7 Å². The average Bonchev–Trinajstić information content (AvgIpc) is 3.10. The molecule has 0 spiro atoms. The van der Waals surface area contributed by atoms with Crippen molar-refractivity contribution in [2.75, 3.05) is 0 Å². The van der Waals surface area contributed by atoms with Crippen LogP contribution in [0.15, 0.2) is 42.9 Å². The minimum atomic E-state index is -4.40. The highest BCUT2D eigenvalue weighted by Gasteiger charge is 2.31. The number of fused-ring (bicyclic) bond motifs is 1. The second-order valence-electron chi connectivity index (χ2n) is 5.97. The highest BCUT2D eigenvalue weighted by molar-refractivity contribution is 5.52. The number of hydrogen-bond acceptors (Lipinski definition) is 4. The van der Waals surface area contributed by atoms with Gasteiger partial charge in [0, 0.05) is 12.4 Å². The molecule has 0 saturated heterocycles. The van der Waals surface area contributed by atoms with Gasteiger partial charge in [-0.1, -0.05) is 11.3 Å². The summed E-state index contributed by atoms with van der Waals surface area (Å²) in [6, 6.07) is 6.27. The lowest BCUT2D eigenvalue weighted by molar-refractivity contribution is -0.137. The Labute approximate surface area is 141 Å². The Morgan fingerprint density at radius 2 is 1.96 bits per heavy atom. The molecule has 0 radical (unpaired) electrons. The molecule has 0 bridgehead atoms. The molecular weight excluding hydrogens is 331 g/mol. The molecule has 1 aliphatic rings. The molecule has 25 heavy (non-hydrogen) atoms. The normalized spacial score (nSPS) is 17.3. The number of nitrogens with zero attached hydrogens (tertiary/aromatic N) is 5. The van der Waals surface area contributed by atoms with Crippen molar-refractivity contribution >= 4 is 0 Å². The summed E-state index contributed by atoms with van der Waals surface area (Å²) < 4.78 is 39.6. The first kappa shape index (κ1) is 15.7. The van der Waals surface area contributed by atoms with Crippen LogP contribution in [0, 0.1) is 0 Å². The predicted octanol–water partition coefficient (Wildman–Crippen LogP) is 3.68. The molecule has 128 valence electrons. The summed E-state index contributed by atoms with van der Waals surface area (Å²) in [6.07, 6.45) is 2.79. The zero-order chi connectivity index (χ0) is 17.4. The summed E-state index contributed by atoms with van der Waals surface area (Å²) in [5.74, 6) is 0. The highest BCUT2D eigenvalue weighted by atomic mass is 19.4. The summed E-state index contributed by atoms with van der Waals surface area (Å²) >= 11 is 0. The largest absolute Gasteiger partial charge is 0.417 e. The maximum absolute atomic E-state index is 12.6. The van der Waals surface area contributed by atoms with Gasteiger partial charge in [0.25, 0.3) is 0 Å². The quantitative estimate of drug-likeness (QED) is 0.711. The molecule has 4 rings (SSSR count). The first-order valence-corrected chi connectivity index (χ1v) is 7.91. The lowest BCUT2D eigenvalue weighted by Crippen LogP contribution is -2.19. The van der Waals surface area contributed by atoms with Gasteiger partial charge in [0.15, 0.2) is 0 Å². The molecule has 0 N–H and O–H groups in total. The van der Waals surface area contributed by atoms with E-state index in [1.165, 1.54) is 11.6 Å². The molecule has 0 fully saturated rings. The minimum Gasteiger partial charge on any atom is -0.259 e.